The monoisotopic (exact) mass is 419 g/mol. The summed E-state index contributed by atoms with van der Waals surface area (Å²) in [4.78, 5) is 14.3. The molecular weight excluding hydrogens is 402 g/mol. The third-order valence-electron chi connectivity index (χ3n) is 5.05. The van der Waals surface area contributed by atoms with Crippen LogP contribution in [-0.2, 0) is 6.18 Å². The molecule has 0 spiro atoms. The zero-order valence-electron chi connectivity index (χ0n) is 15.7. The second-order valence-corrected chi connectivity index (χ2v) is 7.12. The number of piperidine rings is 1. The summed E-state index contributed by atoms with van der Waals surface area (Å²) in [5.41, 5.74) is 0.0260. The Labute approximate surface area is 169 Å². The average molecular weight is 419 g/mol. The second-order valence-electron chi connectivity index (χ2n) is 7.12. The van der Waals surface area contributed by atoms with Crippen molar-refractivity contribution >= 4 is 5.91 Å². The zero-order chi connectivity index (χ0) is 21.3. The molecule has 1 atom stereocenters. The number of carbonyl (C=O) groups excluding carboxylic acids is 1. The highest BCUT2D eigenvalue weighted by molar-refractivity contribution is 5.94. The lowest BCUT2D eigenvalue weighted by Gasteiger charge is -2.31. The topological polar surface area (TPSA) is 59.2 Å². The number of rotatable bonds is 3. The minimum Gasteiger partial charge on any atom is -0.420 e. The first kappa shape index (κ1) is 20.1. The minimum atomic E-state index is -4.42. The van der Waals surface area contributed by atoms with Gasteiger partial charge in [0, 0.05) is 24.2 Å². The van der Waals surface area contributed by atoms with E-state index in [-0.39, 0.29) is 17.7 Å². The van der Waals surface area contributed by atoms with Crippen molar-refractivity contribution in [3.8, 4) is 11.5 Å². The van der Waals surface area contributed by atoms with Gasteiger partial charge in [0.1, 0.15) is 5.82 Å². The number of benzene rings is 2. The maximum atomic E-state index is 13.1. The lowest BCUT2D eigenvalue weighted by atomic mass is 9.97. The highest BCUT2D eigenvalue weighted by Crippen LogP contribution is 2.32. The van der Waals surface area contributed by atoms with Crippen LogP contribution in [0.1, 0.15) is 40.6 Å². The van der Waals surface area contributed by atoms with Crippen LogP contribution in [0.15, 0.2) is 52.9 Å². The summed E-state index contributed by atoms with van der Waals surface area (Å²) in [6, 6.07) is 9.85. The van der Waals surface area contributed by atoms with Crippen molar-refractivity contribution in [2.45, 2.75) is 24.9 Å². The highest BCUT2D eigenvalue weighted by atomic mass is 19.4. The van der Waals surface area contributed by atoms with Crippen LogP contribution in [0.5, 0.6) is 0 Å². The SMILES string of the molecule is O=C(c1ccc(F)cc1)N1CCCC(c2nnc(-c3ccc(C(F)(F)F)cc3)o2)C1. The van der Waals surface area contributed by atoms with Gasteiger partial charge < -0.3 is 9.32 Å². The Balaban J connectivity index is 1.48. The average Bonchev–Trinajstić information content (AvgIpc) is 3.24. The van der Waals surface area contributed by atoms with Gasteiger partial charge in [0.15, 0.2) is 0 Å². The molecular formula is C21H17F4N3O2. The van der Waals surface area contributed by atoms with E-state index in [4.69, 9.17) is 4.42 Å². The maximum absolute atomic E-state index is 13.1. The van der Waals surface area contributed by atoms with Crippen LogP contribution in [0, 0.1) is 5.82 Å². The maximum Gasteiger partial charge on any atom is 0.416 e. The molecule has 4 rings (SSSR count). The number of amides is 1. The normalized spacial score (nSPS) is 17.2. The largest absolute Gasteiger partial charge is 0.420 e. The Kier molecular flexibility index (Phi) is 5.27. The Hall–Kier alpha value is -3.23. The first-order valence-electron chi connectivity index (χ1n) is 9.37. The van der Waals surface area contributed by atoms with Crippen LogP contribution < -0.4 is 0 Å². The molecule has 1 aliphatic rings. The van der Waals surface area contributed by atoms with Gasteiger partial charge in [-0.3, -0.25) is 4.79 Å². The fourth-order valence-electron chi connectivity index (χ4n) is 3.46. The fourth-order valence-corrected chi connectivity index (χ4v) is 3.46. The predicted molar refractivity (Wildman–Crippen MR) is 99.0 cm³/mol. The Morgan fingerprint density at radius 3 is 2.40 bits per heavy atom. The van der Waals surface area contributed by atoms with Crippen molar-refractivity contribution < 1.29 is 26.8 Å². The summed E-state index contributed by atoms with van der Waals surface area (Å²) >= 11 is 0. The van der Waals surface area contributed by atoms with E-state index in [0.717, 1.165) is 25.0 Å². The van der Waals surface area contributed by atoms with E-state index in [1.807, 2.05) is 0 Å². The standard InChI is InChI=1S/C21H17F4N3O2/c22-17-9-5-14(6-10-17)20(29)28-11-1-2-15(12-28)19-27-26-18(30-19)13-3-7-16(8-4-13)21(23,24)25/h3-10,15H,1-2,11-12H2. The van der Waals surface area contributed by atoms with E-state index in [1.165, 1.54) is 36.4 Å². The number of hydrogen-bond donors (Lipinski definition) is 0. The molecule has 5 nitrogen and oxygen atoms in total. The number of hydrogen-bond acceptors (Lipinski definition) is 4. The number of likely N-dealkylation sites (tertiary alicyclic amines) is 1. The Bertz CT molecular complexity index is 1030. The molecule has 0 saturated carbocycles. The third kappa shape index (κ3) is 4.19. The van der Waals surface area contributed by atoms with Crippen LogP contribution in [-0.4, -0.2) is 34.1 Å². The van der Waals surface area contributed by atoms with Crippen molar-refractivity contribution in [1.82, 2.24) is 15.1 Å². The van der Waals surface area contributed by atoms with Crippen molar-refractivity contribution in [2.24, 2.45) is 0 Å². The lowest BCUT2D eigenvalue weighted by molar-refractivity contribution is -0.137. The minimum absolute atomic E-state index is 0.126. The summed E-state index contributed by atoms with van der Waals surface area (Å²) < 4.78 is 56.9. The molecule has 1 amide bonds. The van der Waals surface area contributed by atoms with Crippen molar-refractivity contribution in [3.63, 3.8) is 0 Å². The van der Waals surface area contributed by atoms with Gasteiger partial charge in [0.25, 0.3) is 5.91 Å². The Morgan fingerprint density at radius 2 is 1.73 bits per heavy atom. The van der Waals surface area contributed by atoms with E-state index in [1.54, 1.807) is 4.90 Å². The van der Waals surface area contributed by atoms with Crippen LogP contribution in [0.2, 0.25) is 0 Å². The molecule has 9 heteroatoms. The summed E-state index contributed by atoms with van der Waals surface area (Å²) in [6.45, 7) is 0.928. The van der Waals surface area contributed by atoms with Gasteiger partial charge in [-0.1, -0.05) is 0 Å². The number of aromatic nitrogens is 2. The lowest BCUT2D eigenvalue weighted by Crippen LogP contribution is -2.39. The van der Waals surface area contributed by atoms with Gasteiger partial charge in [-0.2, -0.15) is 13.2 Å². The Morgan fingerprint density at radius 1 is 1.03 bits per heavy atom. The smallest absolute Gasteiger partial charge is 0.416 e. The van der Waals surface area contributed by atoms with Gasteiger partial charge in [0.05, 0.1) is 11.5 Å². The molecule has 1 saturated heterocycles. The molecule has 2 heterocycles. The number of alkyl halides is 3. The second kappa shape index (κ2) is 7.89. The molecule has 156 valence electrons. The van der Waals surface area contributed by atoms with E-state index in [2.05, 4.69) is 10.2 Å². The van der Waals surface area contributed by atoms with Gasteiger partial charge in [-0.05, 0) is 61.4 Å². The summed E-state index contributed by atoms with van der Waals surface area (Å²) in [7, 11) is 0. The summed E-state index contributed by atoms with van der Waals surface area (Å²) in [5, 5.41) is 7.99. The van der Waals surface area contributed by atoms with E-state index >= 15 is 0 Å². The number of halogens is 4. The van der Waals surface area contributed by atoms with Gasteiger partial charge in [0.2, 0.25) is 11.8 Å². The molecule has 1 aromatic heterocycles. The molecule has 0 bridgehead atoms. The zero-order valence-corrected chi connectivity index (χ0v) is 15.7. The predicted octanol–water partition coefficient (Wildman–Crippen LogP) is 4.91. The third-order valence-corrected chi connectivity index (χ3v) is 5.05. The van der Waals surface area contributed by atoms with E-state index in [0.29, 0.717) is 30.1 Å². The number of carbonyl (C=O) groups is 1. The van der Waals surface area contributed by atoms with E-state index in [9.17, 15) is 22.4 Å². The fraction of sp³-hybridized carbons (Fsp3) is 0.286. The molecule has 30 heavy (non-hydrogen) atoms. The first-order chi connectivity index (χ1) is 14.3. The van der Waals surface area contributed by atoms with Gasteiger partial charge in [-0.15, -0.1) is 10.2 Å². The molecule has 0 radical (unpaired) electrons. The van der Waals surface area contributed by atoms with Crippen molar-refractivity contribution in [2.75, 3.05) is 13.1 Å². The summed E-state index contributed by atoms with van der Waals surface area (Å²) in [6.07, 6.45) is -2.95. The number of nitrogens with zero attached hydrogens (tertiary/aromatic N) is 3. The van der Waals surface area contributed by atoms with Gasteiger partial charge >= 0.3 is 6.18 Å². The van der Waals surface area contributed by atoms with Crippen LogP contribution in [0.25, 0.3) is 11.5 Å². The molecule has 3 aromatic rings. The molecule has 1 aliphatic heterocycles. The first-order valence-corrected chi connectivity index (χ1v) is 9.37. The molecule has 1 unspecified atom stereocenters. The van der Waals surface area contributed by atoms with Crippen molar-refractivity contribution in [3.05, 3.63) is 71.4 Å². The van der Waals surface area contributed by atoms with Crippen LogP contribution in [0.3, 0.4) is 0 Å². The quantitative estimate of drug-likeness (QED) is 0.566. The summed E-state index contributed by atoms with van der Waals surface area (Å²) in [5.74, 6) is -0.340. The van der Waals surface area contributed by atoms with Crippen LogP contribution >= 0.6 is 0 Å². The van der Waals surface area contributed by atoms with Gasteiger partial charge in [-0.25, -0.2) is 4.39 Å². The van der Waals surface area contributed by atoms with Crippen molar-refractivity contribution in [1.29, 1.82) is 0 Å². The van der Waals surface area contributed by atoms with E-state index < -0.39 is 17.6 Å². The molecule has 1 fully saturated rings. The van der Waals surface area contributed by atoms with Crippen LogP contribution in [0.4, 0.5) is 17.6 Å². The molecule has 2 aromatic carbocycles. The molecule has 0 aliphatic carbocycles. The molecule has 0 N–H and O–H groups in total. The highest BCUT2D eigenvalue weighted by Gasteiger charge is 2.31.